The molecule has 1 amide bonds. The lowest BCUT2D eigenvalue weighted by Crippen LogP contribution is -2.48. The van der Waals surface area contributed by atoms with Crippen molar-refractivity contribution >= 4 is 32.6 Å². The van der Waals surface area contributed by atoms with E-state index in [9.17, 15) is 4.79 Å². The minimum Gasteiger partial charge on any atom is -0.345 e. The number of hydrogen-bond acceptors (Lipinski definition) is 5. The van der Waals surface area contributed by atoms with Gasteiger partial charge in [-0.15, -0.1) is 0 Å². The molecule has 0 bridgehead atoms. The van der Waals surface area contributed by atoms with Gasteiger partial charge in [-0.1, -0.05) is 17.4 Å². The molecule has 0 radical (unpaired) electrons. The Balaban J connectivity index is 1.47. The summed E-state index contributed by atoms with van der Waals surface area (Å²) in [5.41, 5.74) is 5.18. The van der Waals surface area contributed by atoms with Crippen LogP contribution in [0.1, 0.15) is 34.2 Å². The first kappa shape index (κ1) is 18.0. The van der Waals surface area contributed by atoms with Gasteiger partial charge in [0.15, 0.2) is 10.8 Å². The molecule has 1 aliphatic rings. The van der Waals surface area contributed by atoms with E-state index < -0.39 is 0 Å². The fraction of sp³-hybridized carbons (Fsp3) is 0.450. The average molecular weight is 384 g/mol. The Labute approximate surface area is 163 Å². The van der Waals surface area contributed by atoms with E-state index in [-0.39, 0.29) is 5.91 Å². The van der Waals surface area contributed by atoms with Gasteiger partial charge in [0, 0.05) is 38.4 Å². The fourth-order valence-corrected chi connectivity index (χ4v) is 4.77. The van der Waals surface area contributed by atoms with Crippen LogP contribution < -0.4 is 4.90 Å². The van der Waals surface area contributed by atoms with Crippen molar-refractivity contribution in [3.8, 4) is 0 Å². The van der Waals surface area contributed by atoms with E-state index in [0.717, 1.165) is 36.0 Å². The molecule has 27 heavy (non-hydrogen) atoms. The van der Waals surface area contributed by atoms with Gasteiger partial charge >= 0.3 is 0 Å². The minimum absolute atomic E-state index is 0.0284. The number of fused-ring (bicyclic) bond motifs is 1. The molecule has 4 rings (SSSR count). The molecule has 1 aromatic carbocycles. The molecule has 2 aromatic heterocycles. The maximum Gasteiger partial charge on any atom is 0.274 e. The number of aryl methyl sites for hydroxylation is 4. The Kier molecular flexibility index (Phi) is 4.63. The van der Waals surface area contributed by atoms with Crippen molar-refractivity contribution in [2.24, 2.45) is 0 Å². The first-order chi connectivity index (χ1) is 13.0. The van der Waals surface area contributed by atoms with Crippen LogP contribution in [0.2, 0.25) is 0 Å². The largest absolute Gasteiger partial charge is 0.345 e. The Morgan fingerprint density at radius 2 is 1.85 bits per heavy atom. The van der Waals surface area contributed by atoms with Gasteiger partial charge in [-0.05, 0) is 51.0 Å². The molecule has 3 heterocycles. The van der Waals surface area contributed by atoms with Crippen molar-refractivity contribution in [1.29, 1.82) is 0 Å². The van der Waals surface area contributed by atoms with Crippen molar-refractivity contribution in [2.45, 2.75) is 34.2 Å². The number of anilines is 1. The van der Waals surface area contributed by atoms with E-state index in [1.807, 2.05) is 29.5 Å². The Bertz CT molecular complexity index is 997. The number of rotatable bonds is 3. The molecule has 6 nitrogen and oxygen atoms in total. The van der Waals surface area contributed by atoms with Gasteiger partial charge in [-0.2, -0.15) is 5.10 Å². The zero-order valence-corrected chi connectivity index (χ0v) is 17.1. The van der Waals surface area contributed by atoms with Crippen LogP contribution in [0, 0.1) is 20.8 Å². The van der Waals surface area contributed by atoms with E-state index in [2.05, 4.69) is 36.0 Å². The topological polar surface area (TPSA) is 54.3 Å². The van der Waals surface area contributed by atoms with E-state index in [1.54, 1.807) is 11.3 Å². The van der Waals surface area contributed by atoms with E-state index in [1.165, 1.54) is 15.8 Å². The highest BCUT2D eigenvalue weighted by atomic mass is 32.1. The summed E-state index contributed by atoms with van der Waals surface area (Å²) < 4.78 is 3.13. The van der Waals surface area contributed by atoms with Gasteiger partial charge in [0.1, 0.15) is 0 Å². The predicted molar refractivity (Wildman–Crippen MR) is 110 cm³/mol. The SMILES string of the molecule is CCn1nc(C(=O)N2CCN(c3nc4cc(C)cc(C)c4s3)CC2)cc1C. The third-order valence-corrected chi connectivity index (χ3v) is 6.41. The van der Waals surface area contributed by atoms with Crippen LogP contribution in [0.25, 0.3) is 10.2 Å². The fourth-order valence-electron chi connectivity index (χ4n) is 3.70. The summed E-state index contributed by atoms with van der Waals surface area (Å²) in [7, 11) is 0. The molecule has 1 saturated heterocycles. The van der Waals surface area contributed by atoms with Crippen molar-refractivity contribution < 1.29 is 4.79 Å². The van der Waals surface area contributed by atoms with Crippen LogP contribution in [-0.2, 0) is 6.54 Å². The second-order valence-electron chi connectivity index (χ2n) is 7.19. The molecule has 3 aromatic rings. The first-order valence-corrected chi connectivity index (χ1v) is 10.2. The maximum atomic E-state index is 12.8. The number of amides is 1. The maximum absolute atomic E-state index is 12.8. The van der Waals surface area contributed by atoms with Crippen molar-refractivity contribution in [3.05, 3.63) is 40.7 Å². The molecule has 0 N–H and O–H groups in total. The number of aromatic nitrogens is 3. The molecule has 0 aliphatic carbocycles. The number of benzene rings is 1. The van der Waals surface area contributed by atoms with Crippen molar-refractivity contribution in [1.82, 2.24) is 19.7 Å². The Hall–Kier alpha value is -2.41. The summed E-state index contributed by atoms with van der Waals surface area (Å²) in [6, 6.07) is 6.24. The van der Waals surface area contributed by atoms with Crippen LogP contribution in [0.3, 0.4) is 0 Å². The Morgan fingerprint density at radius 3 is 2.52 bits per heavy atom. The van der Waals surface area contributed by atoms with Gasteiger partial charge in [0.2, 0.25) is 0 Å². The van der Waals surface area contributed by atoms with Gasteiger partial charge in [0.25, 0.3) is 5.91 Å². The molecule has 0 saturated carbocycles. The van der Waals surface area contributed by atoms with E-state index >= 15 is 0 Å². The van der Waals surface area contributed by atoms with Gasteiger partial charge in [-0.3, -0.25) is 9.48 Å². The smallest absolute Gasteiger partial charge is 0.274 e. The molecule has 1 fully saturated rings. The summed E-state index contributed by atoms with van der Waals surface area (Å²) >= 11 is 1.75. The molecule has 0 unspecified atom stereocenters. The molecule has 7 heteroatoms. The zero-order chi connectivity index (χ0) is 19.1. The average Bonchev–Trinajstić information content (AvgIpc) is 3.25. The highest BCUT2D eigenvalue weighted by Crippen LogP contribution is 2.32. The summed E-state index contributed by atoms with van der Waals surface area (Å²) in [6.07, 6.45) is 0. The normalized spacial score (nSPS) is 15.0. The highest BCUT2D eigenvalue weighted by Gasteiger charge is 2.25. The lowest BCUT2D eigenvalue weighted by Gasteiger charge is -2.34. The summed E-state index contributed by atoms with van der Waals surface area (Å²) in [5, 5.41) is 5.48. The zero-order valence-electron chi connectivity index (χ0n) is 16.3. The molecule has 0 atom stereocenters. The molecular formula is C20H25N5OS. The van der Waals surface area contributed by atoms with Crippen LogP contribution in [0.4, 0.5) is 5.13 Å². The van der Waals surface area contributed by atoms with Gasteiger partial charge in [-0.25, -0.2) is 4.98 Å². The number of hydrogen-bond donors (Lipinski definition) is 0. The molecule has 142 valence electrons. The van der Waals surface area contributed by atoms with Crippen LogP contribution in [-0.4, -0.2) is 51.8 Å². The van der Waals surface area contributed by atoms with E-state index in [4.69, 9.17) is 4.98 Å². The second-order valence-corrected chi connectivity index (χ2v) is 8.17. The summed E-state index contributed by atoms with van der Waals surface area (Å²) in [4.78, 5) is 21.8. The quantitative estimate of drug-likeness (QED) is 0.696. The lowest BCUT2D eigenvalue weighted by atomic mass is 10.1. The second kappa shape index (κ2) is 6.96. The predicted octanol–water partition coefficient (Wildman–Crippen LogP) is 3.40. The molecule has 0 spiro atoms. The van der Waals surface area contributed by atoms with Crippen molar-refractivity contribution in [3.63, 3.8) is 0 Å². The standard InChI is InChI=1S/C20H25N5OS/c1-5-25-15(4)12-17(22-25)19(26)23-6-8-24(9-7-23)20-21-16-11-13(2)10-14(3)18(16)27-20/h10-12H,5-9H2,1-4H3. The van der Waals surface area contributed by atoms with Crippen LogP contribution in [0.15, 0.2) is 18.2 Å². The van der Waals surface area contributed by atoms with Crippen LogP contribution in [0.5, 0.6) is 0 Å². The van der Waals surface area contributed by atoms with Crippen LogP contribution >= 0.6 is 11.3 Å². The third-order valence-electron chi connectivity index (χ3n) is 5.15. The lowest BCUT2D eigenvalue weighted by molar-refractivity contribution is 0.0740. The summed E-state index contributed by atoms with van der Waals surface area (Å²) in [6.45, 7) is 12.1. The monoisotopic (exact) mass is 383 g/mol. The van der Waals surface area contributed by atoms with Crippen molar-refractivity contribution in [2.75, 3.05) is 31.1 Å². The first-order valence-electron chi connectivity index (χ1n) is 9.42. The van der Waals surface area contributed by atoms with Gasteiger partial charge < -0.3 is 9.80 Å². The van der Waals surface area contributed by atoms with Gasteiger partial charge in [0.05, 0.1) is 10.2 Å². The highest BCUT2D eigenvalue weighted by molar-refractivity contribution is 7.22. The number of carbonyl (C=O) groups excluding carboxylic acids is 1. The molecular weight excluding hydrogens is 358 g/mol. The Morgan fingerprint density at radius 1 is 1.11 bits per heavy atom. The number of nitrogens with zero attached hydrogens (tertiary/aromatic N) is 5. The summed E-state index contributed by atoms with van der Waals surface area (Å²) in [5.74, 6) is 0.0284. The molecule has 1 aliphatic heterocycles. The number of thiazole rings is 1. The van der Waals surface area contributed by atoms with E-state index in [0.29, 0.717) is 18.8 Å². The number of carbonyl (C=O) groups is 1. The minimum atomic E-state index is 0.0284. The third kappa shape index (κ3) is 3.32. The number of piperazine rings is 1.